The van der Waals surface area contributed by atoms with E-state index in [1.807, 2.05) is 97.9 Å². The number of phenols is 1. The molecular weight excluding hydrogens is 753 g/mol. The van der Waals surface area contributed by atoms with Gasteiger partial charge in [-0.05, 0) is 102 Å². The number of aromatic hydroxyl groups is 1. The monoisotopic (exact) mass is 789 g/mol. The fraction of sp³-hybridized carbons (Fsp3) is 0.238. The predicted molar refractivity (Wildman–Crippen MR) is 202 cm³/mol. The number of aryl methyl sites for hydroxylation is 1. The standard InChI is InChI=1S/C42H36IN3O5/c1-3-8-25-9-7-12-32(37(25)47)36-30-21-22-31-35(40(50)45(38(31)48)29-19-15-27(43)16-20-29)33(30)23-34-39(49)46(44-28-17-13-24(2)14-18-28)41(51)42(34,36)26-10-5-4-6-11-26/h3-7,9-21,31,33-36,44,47H,1,8,22-23H2,2H3/t31-,33+,34-,35-,36+,42+/m0/s1. The van der Waals surface area contributed by atoms with Crippen LogP contribution in [0.1, 0.15) is 41.0 Å². The molecule has 4 amide bonds. The van der Waals surface area contributed by atoms with Crippen LogP contribution in [0.4, 0.5) is 11.4 Å². The number of hydrogen-bond acceptors (Lipinski definition) is 6. The molecule has 256 valence electrons. The zero-order valence-corrected chi connectivity index (χ0v) is 30.1. The van der Waals surface area contributed by atoms with Gasteiger partial charge in [0.15, 0.2) is 0 Å². The maximum atomic E-state index is 15.3. The predicted octanol–water partition coefficient (Wildman–Crippen LogP) is 7.22. The molecule has 4 aromatic rings. The molecule has 0 spiro atoms. The minimum Gasteiger partial charge on any atom is -0.507 e. The lowest BCUT2D eigenvalue weighted by Crippen LogP contribution is -2.53. The zero-order chi connectivity index (χ0) is 35.6. The fourth-order valence-electron chi connectivity index (χ4n) is 9.10. The first-order valence-electron chi connectivity index (χ1n) is 17.2. The average molecular weight is 790 g/mol. The van der Waals surface area contributed by atoms with Gasteiger partial charge in [-0.3, -0.25) is 29.5 Å². The maximum Gasteiger partial charge on any atom is 0.260 e. The molecule has 0 radical (unpaired) electrons. The van der Waals surface area contributed by atoms with Crippen molar-refractivity contribution in [3.05, 3.63) is 147 Å². The van der Waals surface area contributed by atoms with Crippen molar-refractivity contribution in [3.8, 4) is 5.75 Å². The summed E-state index contributed by atoms with van der Waals surface area (Å²) in [4.78, 5) is 60.0. The van der Waals surface area contributed by atoms with Crippen molar-refractivity contribution in [3.63, 3.8) is 0 Å². The van der Waals surface area contributed by atoms with E-state index in [0.717, 1.165) is 19.7 Å². The molecule has 2 aliphatic carbocycles. The molecule has 1 saturated carbocycles. The molecule has 6 atom stereocenters. The van der Waals surface area contributed by atoms with E-state index in [0.29, 0.717) is 40.9 Å². The number of nitrogens with one attached hydrogen (secondary N) is 1. The third-order valence-electron chi connectivity index (χ3n) is 11.3. The first-order chi connectivity index (χ1) is 24.7. The lowest BCUT2D eigenvalue weighted by atomic mass is 9.49. The quantitative estimate of drug-likeness (QED) is 0.116. The topological polar surface area (TPSA) is 107 Å². The van der Waals surface area contributed by atoms with Gasteiger partial charge in [0, 0.05) is 15.1 Å². The second-order valence-corrected chi connectivity index (χ2v) is 15.2. The van der Waals surface area contributed by atoms with Gasteiger partial charge in [-0.2, -0.15) is 5.01 Å². The highest BCUT2D eigenvalue weighted by atomic mass is 127. The van der Waals surface area contributed by atoms with E-state index in [1.54, 1.807) is 18.2 Å². The molecule has 4 aromatic carbocycles. The van der Waals surface area contributed by atoms with Crippen molar-refractivity contribution in [1.82, 2.24) is 5.01 Å². The molecule has 2 heterocycles. The minimum atomic E-state index is -1.46. The molecule has 8 rings (SSSR count). The molecule has 2 N–H and O–H groups in total. The molecule has 0 aromatic heterocycles. The highest BCUT2D eigenvalue weighted by molar-refractivity contribution is 14.1. The molecule has 0 bridgehead atoms. The van der Waals surface area contributed by atoms with E-state index in [-0.39, 0.29) is 24.0 Å². The summed E-state index contributed by atoms with van der Waals surface area (Å²) < 4.78 is 0.982. The van der Waals surface area contributed by atoms with Crippen molar-refractivity contribution >= 4 is 57.6 Å². The fourth-order valence-corrected chi connectivity index (χ4v) is 9.46. The number of para-hydroxylation sites is 1. The maximum absolute atomic E-state index is 15.3. The number of imide groups is 2. The van der Waals surface area contributed by atoms with Crippen molar-refractivity contribution < 1.29 is 24.3 Å². The Morgan fingerprint density at radius 2 is 1.61 bits per heavy atom. The van der Waals surface area contributed by atoms with Crippen molar-refractivity contribution in [2.24, 2.45) is 23.7 Å². The number of hydrogen-bond donors (Lipinski definition) is 2. The summed E-state index contributed by atoms with van der Waals surface area (Å²) in [6.45, 7) is 5.84. The highest BCUT2D eigenvalue weighted by Gasteiger charge is 2.70. The Labute approximate surface area is 310 Å². The van der Waals surface area contributed by atoms with E-state index < -0.39 is 46.8 Å². The van der Waals surface area contributed by atoms with E-state index >= 15 is 4.79 Å². The van der Waals surface area contributed by atoms with E-state index in [2.05, 4.69) is 34.6 Å². The summed E-state index contributed by atoms with van der Waals surface area (Å²) in [6.07, 6.45) is 4.60. The summed E-state index contributed by atoms with van der Waals surface area (Å²) in [7, 11) is 0. The summed E-state index contributed by atoms with van der Waals surface area (Å²) in [5.74, 6) is -4.96. The van der Waals surface area contributed by atoms with E-state index in [4.69, 9.17) is 0 Å². The van der Waals surface area contributed by atoms with Crippen LogP contribution >= 0.6 is 22.6 Å². The molecule has 2 aliphatic heterocycles. The molecule has 8 nitrogen and oxygen atoms in total. The number of carbonyl (C=O) groups excluding carboxylic acids is 4. The highest BCUT2D eigenvalue weighted by Crippen LogP contribution is 2.65. The number of benzene rings is 4. The van der Waals surface area contributed by atoms with Crippen LogP contribution in [0.3, 0.4) is 0 Å². The third-order valence-corrected chi connectivity index (χ3v) is 12.0. The van der Waals surface area contributed by atoms with Crippen molar-refractivity contribution in [2.75, 3.05) is 10.3 Å². The lowest BCUT2D eigenvalue weighted by molar-refractivity contribution is -0.138. The van der Waals surface area contributed by atoms with Gasteiger partial charge < -0.3 is 5.11 Å². The van der Waals surface area contributed by atoms with Gasteiger partial charge in [-0.1, -0.05) is 84.0 Å². The summed E-state index contributed by atoms with van der Waals surface area (Å²) >= 11 is 2.19. The molecule has 4 aliphatic rings. The molecule has 51 heavy (non-hydrogen) atoms. The second kappa shape index (κ2) is 12.6. The van der Waals surface area contributed by atoms with Crippen LogP contribution in [0, 0.1) is 34.2 Å². The number of carbonyl (C=O) groups is 4. The lowest BCUT2D eigenvalue weighted by Gasteiger charge is -2.50. The number of halogens is 1. The SMILES string of the molecule is C=CCc1cccc([C@H]2C3=CC[C@@H]4C(=O)N(c5ccc(I)cc5)C(=O)[C@@H]4[C@@H]3C[C@H]3C(=O)N(Nc4ccc(C)cc4)C(=O)[C@@]23c2ccccc2)c1O. The van der Waals surface area contributed by atoms with Crippen LogP contribution in [0.25, 0.3) is 0 Å². The van der Waals surface area contributed by atoms with Gasteiger partial charge >= 0.3 is 0 Å². The molecule has 9 heteroatoms. The van der Waals surface area contributed by atoms with Crippen LogP contribution in [0.2, 0.25) is 0 Å². The first kappa shape index (κ1) is 33.1. The molecule has 0 unspecified atom stereocenters. The van der Waals surface area contributed by atoms with E-state index in [1.165, 1.54) is 4.90 Å². The number of rotatable bonds is 7. The van der Waals surface area contributed by atoms with Crippen LogP contribution in [-0.4, -0.2) is 33.7 Å². The van der Waals surface area contributed by atoms with Gasteiger partial charge in [0.25, 0.3) is 11.8 Å². The number of nitrogens with zero attached hydrogens (tertiary/aromatic N) is 2. The average Bonchev–Trinajstić information content (AvgIpc) is 3.52. The molecule has 2 saturated heterocycles. The Balaban J connectivity index is 1.34. The van der Waals surface area contributed by atoms with Crippen molar-refractivity contribution in [2.45, 2.75) is 37.5 Å². The van der Waals surface area contributed by atoms with Crippen LogP contribution in [-0.2, 0) is 31.0 Å². The van der Waals surface area contributed by atoms with Crippen LogP contribution in [0.15, 0.2) is 121 Å². The number of anilines is 2. The largest absolute Gasteiger partial charge is 0.507 e. The van der Waals surface area contributed by atoms with Crippen LogP contribution in [0.5, 0.6) is 5.75 Å². The summed E-state index contributed by atoms with van der Waals surface area (Å²) in [6, 6.07) is 29.6. The van der Waals surface area contributed by atoms with Gasteiger partial charge in [0.05, 0.1) is 34.5 Å². The number of fused-ring (bicyclic) bond motifs is 4. The first-order valence-corrected chi connectivity index (χ1v) is 18.3. The van der Waals surface area contributed by atoms with Gasteiger partial charge in [0.1, 0.15) is 5.75 Å². The Morgan fingerprint density at radius 1 is 0.882 bits per heavy atom. The number of hydrazine groups is 1. The number of phenolic OH excluding ortho intramolecular Hbond substituents is 1. The van der Waals surface area contributed by atoms with E-state index in [9.17, 15) is 19.5 Å². The second-order valence-electron chi connectivity index (χ2n) is 13.9. The number of allylic oxidation sites excluding steroid dienone is 3. The van der Waals surface area contributed by atoms with Crippen molar-refractivity contribution in [1.29, 1.82) is 0 Å². The Bertz CT molecular complexity index is 2130. The van der Waals surface area contributed by atoms with Gasteiger partial charge in [0.2, 0.25) is 11.8 Å². The zero-order valence-electron chi connectivity index (χ0n) is 28.0. The Kier molecular flexibility index (Phi) is 8.21. The third kappa shape index (κ3) is 4.99. The smallest absolute Gasteiger partial charge is 0.260 e. The number of amides is 4. The normalized spacial score (nSPS) is 26.8. The molecular formula is C42H36IN3O5. The van der Waals surface area contributed by atoms with Gasteiger partial charge in [-0.15, -0.1) is 6.58 Å². The summed E-state index contributed by atoms with van der Waals surface area (Å²) in [5.41, 5.74) is 6.38. The molecule has 3 fully saturated rings. The van der Waals surface area contributed by atoms with Gasteiger partial charge in [-0.25, -0.2) is 0 Å². The minimum absolute atomic E-state index is 0.0275. The Hall–Kier alpha value is -5.03. The summed E-state index contributed by atoms with van der Waals surface area (Å²) in [5, 5.41) is 13.1. The Morgan fingerprint density at radius 3 is 2.31 bits per heavy atom. The van der Waals surface area contributed by atoms with Crippen LogP contribution < -0.4 is 10.3 Å².